The molecule has 0 radical (unpaired) electrons. The highest BCUT2D eigenvalue weighted by Gasteiger charge is 2.31. The average Bonchev–Trinajstić information content (AvgIpc) is 3.03. The van der Waals surface area contributed by atoms with Crippen LogP contribution in [0.2, 0.25) is 0 Å². The Kier molecular flexibility index (Phi) is 5.96. The molecule has 1 aliphatic heterocycles. The molecule has 6 nitrogen and oxygen atoms in total. The maximum atomic E-state index is 12.3. The van der Waals surface area contributed by atoms with E-state index in [1.54, 1.807) is 12.0 Å². The summed E-state index contributed by atoms with van der Waals surface area (Å²) in [4.78, 5) is 26.4. The van der Waals surface area contributed by atoms with Crippen molar-refractivity contribution in [2.24, 2.45) is 0 Å². The highest BCUT2D eigenvalue weighted by molar-refractivity contribution is 5.97. The van der Waals surface area contributed by atoms with Crippen molar-refractivity contribution in [1.29, 1.82) is 0 Å². The van der Waals surface area contributed by atoms with E-state index in [2.05, 4.69) is 5.32 Å². The van der Waals surface area contributed by atoms with E-state index in [1.807, 2.05) is 55.5 Å². The molecule has 0 saturated carbocycles. The summed E-state index contributed by atoms with van der Waals surface area (Å²) in [6, 6.07) is 14.6. The van der Waals surface area contributed by atoms with Gasteiger partial charge in [-0.15, -0.1) is 0 Å². The molecule has 1 saturated heterocycles. The van der Waals surface area contributed by atoms with Gasteiger partial charge in [0.2, 0.25) is 11.8 Å². The summed E-state index contributed by atoms with van der Waals surface area (Å²) in [5, 5.41) is 2.96. The molecular formula is C21H24N2O4. The van der Waals surface area contributed by atoms with E-state index in [0.717, 1.165) is 17.0 Å². The fourth-order valence-electron chi connectivity index (χ4n) is 3.17. The Morgan fingerprint density at radius 3 is 2.67 bits per heavy atom. The summed E-state index contributed by atoms with van der Waals surface area (Å²) in [5.74, 6) is 1.39. The van der Waals surface area contributed by atoms with Gasteiger partial charge >= 0.3 is 0 Å². The minimum atomic E-state index is -0.195. The third-order valence-electron chi connectivity index (χ3n) is 4.45. The molecule has 142 valence electrons. The van der Waals surface area contributed by atoms with Crippen molar-refractivity contribution in [1.82, 2.24) is 5.32 Å². The number of hydrogen-bond acceptors (Lipinski definition) is 4. The van der Waals surface area contributed by atoms with E-state index in [9.17, 15) is 9.59 Å². The fraction of sp³-hybridized carbons (Fsp3) is 0.333. The van der Waals surface area contributed by atoms with Gasteiger partial charge in [-0.25, -0.2) is 0 Å². The van der Waals surface area contributed by atoms with Gasteiger partial charge in [0.15, 0.2) is 0 Å². The zero-order chi connectivity index (χ0) is 19.2. The molecule has 1 atom stereocenters. The number of anilines is 1. The molecule has 0 unspecified atom stereocenters. The summed E-state index contributed by atoms with van der Waals surface area (Å²) in [5.41, 5.74) is 1.69. The lowest BCUT2D eigenvalue weighted by Gasteiger charge is -2.18. The molecule has 2 aromatic carbocycles. The van der Waals surface area contributed by atoms with Gasteiger partial charge in [0, 0.05) is 24.7 Å². The van der Waals surface area contributed by atoms with Crippen LogP contribution in [0.4, 0.5) is 5.69 Å². The minimum absolute atomic E-state index is 0.00498. The third-order valence-corrected chi connectivity index (χ3v) is 4.45. The fourth-order valence-corrected chi connectivity index (χ4v) is 3.17. The predicted octanol–water partition coefficient (Wildman–Crippen LogP) is 2.56. The Labute approximate surface area is 159 Å². The van der Waals surface area contributed by atoms with Crippen molar-refractivity contribution in [2.75, 3.05) is 25.2 Å². The van der Waals surface area contributed by atoms with E-state index in [4.69, 9.17) is 9.47 Å². The number of hydrogen-bond donors (Lipinski definition) is 1. The summed E-state index contributed by atoms with van der Waals surface area (Å²) >= 11 is 0. The van der Waals surface area contributed by atoms with Gasteiger partial charge < -0.3 is 19.7 Å². The SMILES string of the molecule is CCOc1ccc(CC(=O)N[C@@H]2CC(=O)N(c3cccc(OC)c3)C2)cc1. The zero-order valence-electron chi connectivity index (χ0n) is 15.6. The summed E-state index contributed by atoms with van der Waals surface area (Å²) < 4.78 is 10.6. The third kappa shape index (κ3) is 4.78. The van der Waals surface area contributed by atoms with Crippen molar-refractivity contribution in [3.05, 3.63) is 54.1 Å². The minimum Gasteiger partial charge on any atom is -0.497 e. The summed E-state index contributed by atoms with van der Waals surface area (Å²) in [6.45, 7) is 3.00. The van der Waals surface area contributed by atoms with Gasteiger partial charge in [0.25, 0.3) is 0 Å². The molecule has 1 aliphatic rings. The molecule has 2 amide bonds. The number of nitrogens with one attached hydrogen (secondary N) is 1. The number of carbonyl (C=O) groups excluding carboxylic acids is 2. The highest BCUT2D eigenvalue weighted by atomic mass is 16.5. The van der Waals surface area contributed by atoms with Crippen molar-refractivity contribution in [3.8, 4) is 11.5 Å². The van der Waals surface area contributed by atoms with E-state index in [0.29, 0.717) is 25.3 Å². The van der Waals surface area contributed by atoms with Crippen LogP contribution in [0, 0.1) is 0 Å². The van der Waals surface area contributed by atoms with Gasteiger partial charge in [0.05, 0.1) is 26.2 Å². The number of ether oxygens (including phenoxy) is 2. The van der Waals surface area contributed by atoms with Crippen molar-refractivity contribution < 1.29 is 19.1 Å². The van der Waals surface area contributed by atoms with Crippen molar-refractivity contribution in [2.45, 2.75) is 25.8 Å². The molecule has 0 spiro atoms. The van der Waals surface area contributed by atoms with Crippen molar-refractivity contribution >= 4 is 17.5 Å². The Hall–Kier alpha value is -3.02. The summed E-state index contributed by atoms with van der Waals surface area (Å²) in [7, 11) is 1.59. The Balaban J connectivity index is 1.56. The Morgan fingerprint density at radius 2 is 1.96 bits per heavy atom. The molecule has 0 bridgehead atoms. The topological polar surface area (TPSA) is 67.9 Å². The van der Waals surface area contributed by atoms with Gasteiger partial charge in [0.1, 0.15) is 11.5 Å². The molecule has 6 heteroatoms. The van der Waals surface area contributed by atoms with Crippen LogP contribution in [0.5, 0.6) is 11.5 Å². The molecule has 2 aromatic rings. The smallest absolute Gasteiger partial charge is 0.229 e. The average molecular weight is 368 g/mol. The first-order valence-electron chi connectivity index (χ1n) is 9.04. The number of benzene rings is 2. The summed E-state index contributed by atoms with van der Waals surface area (Å²) in [6.07, 6.45) is 0.572. The normalized spacial score (nSPS) is 16.3. The van der Waals surface area contributed by atoms with E-state index >= 15 is 0 Å². The number of nitrogens with zero attached hydrogens (tertiary/aromatic N) is 1. The standard InChI is InChI=1S/C21H24N2O4/c1-3-27-18-9-7-15(8-10-18)11-20(24)22-16-12-21(25)23(14-16)17-5-4-6-19(13-17)26-2/h4-10,13,16H,3,11-12,14H2,1-2H3,(H,22,24)/t16-/m1/s1. The first kappa shape index (κ1) is 18.8. The Morgan fingerprint density at radius 1 is 1.19 bits per heavy atom. The second kappa shape index (κ2) is 8.58. The lowest BCUT2D eigenvalue weighted by atomic mass is 10.1. The maximum absolute atomic E-state index is 12.3. The first-order valence-corrected chi connectivity index (χ1v) is 9.04. The van der Waals surface area contributed by atoms with E-state index in [1.165, 1.54) is 0 Å². The lowest BCUT2D eigenvalue weighted by Crippen LogP contribution is -2.38. The van der Waals surface area contributed by atoms with Crippen LogP contribution in [0.15, 0.2) is 48.5 Å². The maximum Gasteiger partial charge on any atom is 0.229 e. The molecule has 3 rings (SSSR count). The Bertz CT molecular complexity index is 804. The van der Waals surface area contributed by atoms with Crippen LogP contribution in [0.3, 0.4) is 0 Å². The predicted molar refractivity (Wildman–Crippen MR) is 103 cm³/mol. The van der Waals surface area contributed by atoms with E-state index < -0.39 is 0 Å². The molecule has 0 aromatic heterocycles. The zero-order valence-corrected chi connectivity index (χ0v) is 15.6. The quantitative estimate of drug-likeness (QED) is 0.816. The number of amides is 2. The molecule has 1 fully saturated rings. The van der Waals surface area contributed by atoms with Gasteiger partial charge in [-0.2, -0.15) is 0 Å². The lowest BCUT2D eigenvalue weighted by molar-refractivity contribution is -0.121. The second-order valence-electron chi connectivity index (χ2n) is 6.43. The van der Waals surface area contributed by atoms with Gasteiger partial charge in [-0.1, -0.05) is 18.2 Å². The molecule has 1 N–H and O–H groups in total. The van der Waals surface area contributed by atoms with Gasteiger partial charge in [-0.05, 0) is 36.8 Å². The van der Waals surface area contributed by atoms with Crippen molar-refractivity contribution in [3.63, 3.8) is 0 Å². The van der Waals surface area contributed by atoms with Crippen LogP contribution in [0.1, 0.15) is 18.9 Å². The molecule has 1 heterocycles. The van der Waals surface area contributed by atoms with E-state index in [-0.39, 0.29) is 24.3 Å². The van der Waals surface area contributed by atoms with Gasteiger partial charge in [-0.3, -0.25) is 9.59 Å². The number of carbonyl (C=O) groups is 2. The molecule has 27 heavy (non-hydrogen) atoms. The first-order chi connectivity index (χ1) is 13.1. The number of methoxy groups -OCH3 is 1. The second-order valence-corrected chi connectivity index (χ2v) is 6.43. The van der Waals surface area contributed by atoms with Crippen LogP contribution >= 0.6 is 0 Å². The monoisotopic (exact) mass is 368 g/mol. The van der Waals surface area contributed by atoms with Crippen LogP contribution in [-0.4, -0.2) is 38.1 Å². The van der Waals surface area contributed by atoms with Crippen LogP contribution < -0.4 is 19.7 Å². The largest absolute Gasteiger partial charge is 0.497 e. The van der Waals surface area contributed by atoms with Crippen LogP contribution in [-0.2, 0) is 16.0 Å². The highest BCUT2D eigenvalue weighted by Crippen LogP contribution is 2.25. The van der Waals surface area contributed by atoms with Crippen LogP contribution in [0.25, 0.3) is 0 Å². The number of rotatable bonds is 7. The molecule has 0 aliphatic carbocycles. The molecular weight excluding hydrogens is 344 g/mol.